The van der Waals surface area contributed by atoms with Gasteiger partial charge in [-0.05, 0) is 115 Å². The van der Waals surface area contributed by atoms with Gasteiger partial charge in [0.25, 0.3) is 0 Å². The number of piperidine rings is 2. The number of aromatic nitrogens is 3. The molecular formula is C39H52ClN5O4. The Morgan fingerprint density at radius 1 is 0.776 bits per heavy atom. The van der Waals surface area contributed by atoms with Crippen molar-refractivity contribution in [1.29, 1.82) is 0 Å². The number of hydrogen-bond acceptors (Lipinski definition) is 8. The van der Waals surface area contributed by atoms with E-state index in [0.717, 1.165) is 72.3 Å². The lowest BCUT2D eigenvalue weighted by Gasteiger charge is -2.28. The molecule has 2 saturated heterocycles. The average molecular weight is 690 g/mol. The summed E-state index contributed by atoms with van der Waals surface area (Å²) in [6.45, 7) is 13.4. The van der Waals surface area contributed by atoms with Crippen LogP contribution in [-0.4, -0.2) is 65.9 Å². The average Bonchev–Trinajstić information content (AvgIpc) is 3.74. The van der Waals surface area contributed by atoms with Crippen LogP contribution in [0.4, 0.5) is 11.6 Å². The number of rotatable bonds is 9. The van der Waals surface area contributed by atoms with Crippen molar-refractivity contribution in [3.63, 3.8) is 0 Å². The SMILES string of the molecule is CCOC(=O)C1=CC(C)=CC1.CCOC(=O)c1cc(C)cn1Cc1cccc(N2CCCCC2)n1.ClCc1cccc(N2CCCCC2)n1. The molecular weight excluding hydrogens is 638 g/mol. The number of carbonyl (C=O) groups is 2. The van der Waals surface area contributed by atoms with Gasteiger partial charge in [-0.2, -0.15) is 0 Å². The van der Waals surface area contributed by atoms with Crippen molar-refractivity contribution >= 4 is 35.2 Å². The summed E-state index contributed by atoms with van der Waals surface area (Å²) in [5.74, 6) is 2.16. The summed E-state index contributed by atoms with van der Waals surface area (Å²) < 4.78 is 11.9. The number of esters is 2. The van der Waals surface area contributed by atoms with Gasteiger partial charge < -0.3 is 23.8 Å². The summed E-state index contributed by atoms with van der Waals surface area (Å²) in [6.07, 6.45) is 14.3. The van der Waals surface area contributed by atoms with Gasteiger partial charge in [0, 0.05) is 37.9 Å². The van der Waals surface area contributed by atoms with E-state index >= 15 is 0 Å². The third kappa shape index (κ3) is 11.8. The highest BCUT2D eigenvalue weighted by Gasteiger charge is 2.17. The predicted molar refractivity (Wildman–Crippen MR) is 197 cm³/mol. The molecule has 0 aromatic carbocycles. The van der Waals surface area contributed by atoms with Gasteiger partial charge in [0.05, 0.1) is 37.0 Å². The third-order valence-corrected chi connectivity index (χ3v) is 8.79. The van der Waals surface area contributed by atoms with E-state index in [9.17, 15) is 9.59 Å². The quantitative estimate of drug-likeness (QED) is 0.165. The minimum Gasteiger partial charge on any atom is -0.463 e. The fraction of sp³-hybridized carbons (Fsp3) is 0.487. The van der Waals surface area contributed by atoms with Gasteiger partial charge in [0.1, 0.15) is 17.3 Å². The molecule has 0 N–H and O–H groups in total. The number of hydrogen-bond donors (Lipinski definition) is 0. The largest absolute Gasteiger partial charge is 0.463 e. The highest BCUT2D eigenvalue weighted by Crippen LogP contribution is 2.21. The van der Waals surface area contributed by atoms with E-state index in [0.29, 0.717) is 31.3 Å². The fourth-order valence-corrected chi connectivity index (χ4v) is 6.21. The van der Waals surface area contributed by atoms with E-state index < -0.39 is 0 Å². The Bertz CT molecular complexity index is 1570. The van der Waals surface area contributed by atoms with E-state index in [2.05, 4.69) is 26.9 Å². The number of nitrogens with zero attached hydrogens (tertiary/aromatic N) is 5. The zero-order valence-electron chi connectivity index (χ0n) is 29.6. The van der Waals surface area contributed by atoms with Gasteiger partial charge in [-0.1, -0.05) is 23.8 Å². The van der Waals surface area contributed by atoms with Crippen molar-refractivity contribution in [3.05, 3.63) is 94.6 Å². The van der Waals surface area contributed by atoms with Gasteiger partial charge in [-0.25, -0.2) is 19.6 Å². The molecule has 0 saturated carbocycles. The van der Waals surface area contributed by atoms with Crippen LogP contribution in [0, 0.1) is 6.92 Å². The number of carbonyl (C=O) groups excluding carboxylic acids is 2. The zero-order valence-corrected chi connectivity index (χ0v) is 30.4. The van der Waals surface area contributed by atoms with E-state index in [1.54, 1.807) is 0 Å². The van der Waals surface area contributed by atoms with Gasteiger partial charge in [-0.15, -0.1) is 11.6 Å². The predicted octanol–water partition coefficient (Wildman–Crippen LogP) is 8.04. The second kappa shape index (κ2) is 19.8. The van der Waals surface area contributed by atoms with Crippen molar-refractivity contribution in [3.8, 4) is 0 Å². The van der Waals surface area contributed by atoms with Crippen molar-refractivity contribution in [2.75, 3.05) is 49.2 Å². The van der Waals surface area contributed by atoms with Gasteiger partial charge >= 0.3 is 11.9 Å². The lowest BCUT2D eigenvalue weighted by Crippen LogP contribution is -2.30. The first kappa shape index (κ1) is 37.7. The molecule has 0 radical (unpaired) electrons. The van der Waals surface area contributed by atoms with Crippen LogP contribution in [0.3, 0.4) is 0 Å². The number of alkyl halides is 1. The molecule has 0 atom stereocenters. The fourth-order valence-electron chi connectivity index (χ4n) is 6.06. The summed E-state index contributed by atoms with van der Waals surface area (Å²) in [5, 5.41) is 0. The summed E-state index contributed by atoms with van der Waals surface area (Å²) in [6, 6.07) is 14.1. The first-order valence-corrected chi connectivity index (χ1v) is 18.2. The second-order valence-corrected chi connectivity index (χ2v) is 12.8. The molecule has 2 fully saturated rings. The maximum absolute atomic E-state index is 12.1. The Kier molecular flexibility index (Phi) is 15.2. The zero-order chi connectivity index (χ0) is 35.0. The number of allylic oxidation sites excluding steroid dienone is 3. The van der Waals surface area contributed by atoms with E-state index in [1.807, 2.05) is 80.9 Å². The molecule has 3 aliphatic rings. The Labute approximate surface area is 297 Å². The molecule has 0 amide bonds. The molecule has 0 unspecified atom stereocenters. The lowest BCUT2D eigenvalue weighted by molar-refractivity contribution is -0.138. The maximum atomic E-state index is 12.1. The second-order valence-electron chi connectivity index (χ2n) is 12.5. The number of ether oxygens (including phenoxy) is 2. The van der Waals surface area contributed by atoms with Crippen LogP contribution < -0.4 is 9.80 Å². The molecule has 10 heteroatoms. The number of aryl methyl sites for hydroxylation is 1. The van der Waals surface area contributed by atoms with Crippen molar-refractivity contribution in [2.45, 2.75) is 85.1 Å². The van der Waals surface area contributed by atoms with Gasteiger partial charge in [-0.3, -0.25) is 0 Å². The molecule has 5 heterocycles. The van der Waals surface area contributed by atoms with Crippen LogP contribution in [-0.2, 0) is 26.7 Å². The first-order chi connectivity index (χ1) is 23.8. The first-order valence-electron chi connectivity index (χ1n) is 17.7. The van der Waals surface area contributed by atoms with Crippen LogP contribution in [0.5, 0.6) is 0 Å². The molecule has 6 rings (SSSR count). The molecule has 1 aliphatic carbocycles. The van der Waals surface area contributed by atoms with Crippen LogP contribution >= 0.6 is 11.6 Å². The van der Waals surface area contributed by atoms with Crippen LogP contribution in [0.25, 0.3) is 0 Å². The number of anilines is 2. The molecule has 49 heavy (non-hydrogen) atoms. The lowest BCUT2D eigenvalue weighted by atomic mass is 10.1. The normalized spacial score (nSPS) is 15.6. The summed E-state index contributed by atoms with van der Waals surface area (Å²) in [5.41, 5.74) is 5.47. The Morgan fingerprint density at radius 3 is 1.86 bits per heavy atom. The highest BCUT2D eigenvalue weighted by molar-refractivity contribution is 6.16. The summed E-state index contributed by atoms with van der Waals surface area (Å²) in [7, 11) is 0. The van der Waals surface area contributed by atoms with Crippen LogP contribution in [0.2, 0.25) is 0 Å². The Morgan fingerprint density at radius 2 is 1.33 bits per heavy atom. The van der Waals surface area contributed by atoms with E-state index in [-0.39, 0.29) is 11.9 Å². The monoisotopic (exact) mass is 689 g/mol. The maximum Gasteiger partial charge on any atom is 0.354 e. The molecule has 0 spiro atoms. The number of halogens is 1. The standard InChI is InChI=1S/C19H25N3O2.C11H15ClN2.C9H12O2/c1-3-24-19(23)17-12-15(2)13-22(17)14-16-8-7-9-18(20-16)21-10-5-4-6-11-21;12-9-10-5-4-6-11(13-10)14-7-2-1-3-8-14;1-3-11-9(10)8-5-4-7(2)6-8/h7-9,12-13H,3-6,10-11,14H2,1-2H3;4-6H,1-3,7-9H2;4,6H,3,5H2,1-2H3. The van der Waals surface area contributed by atoms with Crippen LogP contribution in [0.15, 0.2) is 72.0 Å². The van der Waals surface area contributed by atoms with E-state index in [1.165, 1.54) is 38.5 Å². The topological polar surface area (TPSA) is 89.8 Å². The minimum absolute atomic E-state index is 0.180. The van der Waals surface area contributed by atoms with Crippen molar-refractivity contribution < 1.29 is 19.1 Å². The summed E-state index contributed by atoms with van der Waals surface area (Å²) >= 11 is 5.76. The van der Waals surface area contributed by atoms with E-state index in [4.69, 9.17) is 26.1 Å². The molecule has 3 aromatic heterocycles. The van der Waals surface area contributed by atoms with Crippen molar-refractivity contribution in [2.24, 2.45) is 0 Å². The Balaban J connectivity index is 0.000000183. The minimum atomic E-state index is -0.280. The highest BCUT2D eigenvalue weighted by atomic mass is 35.5. The Hall–Kier alpha value is -4.11. The van der Waals surface area contributed by atoms with Gasteiger partial charge in [0.15, 0.2) is 0 Å². The van der Waals surface area contributed by atoms with Crippen LogP contribution in [0.1, 0.15) is 93.2 Å². The van der Waals surface area contributed by atoms with Crippen molar-refractivity contribution in [1.82, 2.24) is 14.5 Å². The third-order valence-electron chi connectivity index (χ3n) is 8.51. The smallest absolute Gasteiger partial charge is 0.354 e. The molecule has 2 aliphatic heterocycles. The molecule has 0 bridgehead atoms. The molecule has 264 valence electrons. The van der Waals surface area contributed by atoms with Gasteiger partial charge in [0.2, 0.25) is 0 Å². The summed E-state index contributed by atoms with van der Waals surface area (Å²) in [4.78, 5) is 37.2. The molecule has 9 nitrogen and oxygen atoms in total. The number of pyridine rings is 2. The molecule has 3 aromatic rings.